The Labute approximate surface area is 102 Å². The van der Waals surface area contributed by atoms with Crippen LogP contribution in [0.5, 0.6) is 0 Å². The highest BCUT2D eigenvalue weighted by atomic mass is 14.9. The molecular formula is C15H18N2. The Morgan fingerprint density at radius 1 is 1.06 bits per heavy atom. The second kappa shape index (κ2) is 3.83. The van der Waals surface area contributed by atoms with Gasteiger partial charge < -0.3 is 11.5 Å². The molecule has 1 aromatic rings. The first-order valence-electron chi connectivity index (χ1n) is 6.17. The summed E-state index contributed by atoms with van der Waals surface area (Å²) in [6.07, 6.45) is 10.2. The Bertz CT molecular complexity index is 464. The second-order valence-electron chi connectivity index (χ2n) is 5.14. The minimum absolute atomic E-state index is 0.0770. The van der Waals surface area contributed by atoms with E-state index in [1.807, 2.05) is 18.2 Å². The third kappa shape index (κ3) is 1.65. The van der Waals surface area contributed by atoms with Crippen molar-refractivity contribution in [3.8, 4) is 0 Å². The van der Waals surface area contributed by atoms with Crippen molar-refractivity contribution in [2.45, 2.75) is 24.4 Å². The molecular weight excluding hydrogens is 208 g/mol. The summed E-state index contributed by atoms with van der Waals surface area (Å²) in [5.41, 5.74) is 15.2. The molecule has 0 fully saturated rings. The third-order valence-electron chi connectivity index (χ3n) is 4.15. The van der Waals surface area contributed by atoms with Gasteiger partial charge in [0, 0.05) is 6.04 Å². The molecule has 0 bridgehead atoms. The highest BCUT2D eigenvalue weighted by Gasteiger charge is 2.40. The summed E-state index contributed by atoms with van der Waals surface area (Å²) in [5, 5.41) is 0. The maximum Gasteiger partial charge on any atom is 0.0567 e. The normalized spacial score (nSPS) is 31.8. The van der Waals surface area contributed by atoms with Gasteiger partial charge in [0.25, 0.3) is 0 Å². The molecule has 0 radical (unpaired) electrons. The highest BCUT2D eigenvalue weighted by molar-refractivity contribution is 5.37. The van der Waals surface area contributed by atoms with Crippen molar-refractivity contribution in [1.29, 1.82) is 0 Å². The van der Waals surface area contributed by atoms with Gasteiger partial charge in [0.05, 0.1) is 5.54 Å². The van der Waals surface area contributed by atoms with E-state index in [9.17, 15) is 0 Å². The monoisotopic (exact) mass is 226 g/mol. The van der Waals surface area contributed by atoms with Crippen LogP contribution in [0, 0.1) is 5.92 Å². The molecule has 2 unspecified atom stereocenters. The number of benzene rings is 1. The lowest BCUT2D eigenvalue weighted by atomic mass is 9.75. The summed E-state index contributed by atoms with van der Waals surface area (Å²) in [4.78, 5) is 0. The molecule has 0 amide bonds. The van der Waals surface area contributed by atoms with E-state index >= 15 is 0 Å². The van der Waals surface area contributed by atoms with E-state index in [0.717, 1.165) is 12.8 Å². The Morgan fingerprint density at radius 2 is 1.71 bits per heavy atom. The highest BCUT2D eigenvalue weighted by Crippen LogP contribution is 2.35. The lowest BCUT2D eigenvalue weighted by Gasteiger charge is -2.38. The number of rotatable bonds is 1. The molecule has 0 saturated heterocycles. The first kappa shape index (κ1) is 10.8. The summed E-state index contributed by atoms with van der Waals surface area (Å²) >= 11 is 0. The zero-order chi connectivity index (χ0) is 11.9. The van der Waals surface area contributed by atoms with Gasteiger partial charge in [0.15, 0.2) is 0 Å². The van der Waals surface area contributed by atoms with Crippen molar-refractivity contribution in [2.24, 2.45) is 17.4 Å². The molecule has 17 heavy (non-hydrogen) atoms. The average Bonchev–Trinajstić information content (AvgIpc) is 2.77. The summed E-state index contributed by atoms with van der Waals surface area (Å²) in [5.74, 6) is 0.413. The van der Waals surface area contributed by atoms with E-state index in [0.29, 0.717) is 5.92 Å². The van der Waals surface area contributed by atoms with Crippen LogP contribution in [0.2, 0.25) is 0 Å². The topological polar surface area (TPSA) is 52.0 Å². The predicted molar refractivity (Wildman–Crippen MR) is 70.5 cm³/mol. The molecule has 2 aliphatic rings. The molecule has 0 aromatic heterocycles. The van der Waals surface area contributed by atoms with Gasteiger partial charge in [0.2, 0.25) is 0 Å². The quantitative estimate of drug-likeness (QED) is 0.763. The first-order chi connectivity index (χ1) is 8.20. The van der Waals surface area contributed by atoms with Crippen molar-refractivity contribution >= 4 is 0 Å². The summed E-state index contributed by atoms with van der Waals surface area (Å²) in [6, 6.07) is 8.52. The van der Waals surface area contributed by atoms with Gasteiger partial charge in [-0.1, -0.05) is 48.6 Å². The number of nitrogens with two attached hydrogens (primary N) is 2. The fourth-order valence-corrected chi connectivity index (χ4v) is 3.00. The molecule has 0 saturated carbocycles. The Hall–Kier alpha value is -1.38. The maximum atomic E-state index is 6.52. The van der Waals surface area contributed by atoms with Gasteiger partial charge in [0.1, 0.15) is 0 Å². The summed E-state index contributed by atoms with van der Waals surface area (Å²) < 4.78 is 0. The van der Waals surface area contributed by atoms with Gasteiger partial charge in [-0.2, -0.15) is 0 Å². The van der Waals surface area contributed by atoms with Crippen molar-refractivity contribution in [1.82, 2.24) is 0 Å². The predicted octanol–water partition coefficient (Wildman–Crippen LogP) is 1.55. The van der Waals surface area contributed by atoms with Crippen LogP contribution in [-0.2, 0) is 12.8 Å². The number of hydrogen-bond donors (Lipinski definition) is 2. The summed E-state index contributed by atoms with van der Waals surface area (Å²) in [6.45, 7) is 0. The van der Waals surface area contributed by atoms with E-state index in [1.165, 1.54) is 11.1 Å². The van der Waals surface area contributed by atoms with Crippen molar-refractivity contribution in [3.63, 3.8) is 0 Å². The number of fused-ring (bicyclic) bond motifs is 1. The molecule has 2 heteroatoms. The fourth-order valence-electron chi connectivity index (χ4n) is 3.00. The standard InChI is InChI=1S/C15H18N2/c16-14-7-3-4-8-15(14,17)13-9-11-5-1-2-6-12(11)10-13/h1-8,13-14H,9-10,16-17H2. The van der Waals surface area contributed by atoms with Crippen molar-refractivity contribution < 1.29 is 0 Å². The van der Waals surface area contributed by atoms with E-state index < -0.39 is 5.54 Å². The third-order valence-corrected chi connectivity index (χ3v) is 4.15. The number of allylic oxidation sites excluding steroid dienone is 2. The molecule has 2 atom stereocenters. The van der Waals surface area contributed by atoms with E-state index in [1.54, 1.807) is 0 Å². The van der Waals surface area contributed by atoms with E-state index in [2.05, 4.69) is 30.3 Å². The van der Waals surface area contributed by atoms with Crippen LogP contribution in [-0.4, -0.2) is 11.6 Å². The molecule has 88 valence electrons. The van der Waals surface area contributed by atoms with Crippen LogP contribution in [0.25, 0.3) is 0 Å². The van der Waals surface area contributed by atoms with Crippen molar-refractivity contribution in [2.75, 3.05) is 0 Å². The molecule has 0 spiro atoms. The lowest BCUT2D eigenvalue weighted by molar-refractivity contribution is 0.314. The largest absolute Gasteiger partial charge is 0.323 e. The molecule has 4 N–H and O–H groups in total. The second-order valence-corrected chi connectivity index (χ2v) is 5.14. The van der Waals surface area contributed by atoms with Crippen LogP contribution in [0.3, 0.4) is 0 Å². The van der Waals surface area contributed by atoms with Gasteiger partial charge in [-0.25, -0.2) is 0 Å². The van der Waals surface area contributed by atoms with Crippen molar-refractivity contribution in [3.05, 3.63) is 59.7 Å². The molecule has 2 nitrogen and oxygen atoms in total. The van der Waals surface area contributed by atoms with Crippen LogP contribution < -0.4 is 11.5 Å². The minimum Gasteiger partial charge on any atom is -0.323 e. The SMILES string of the molecule is NC1C=CC=CC1(N)C1Cc2ccccc2C1. The maximum absolute atomic E-state index is 6.52. The Kier molecular flexibility index (Phi) is 2.42. The molecule has 3 rings (SSSR count). The molecule has 1 aromatic carbocycles. The Balaban J connectivity index is 1.89. The first-order valence-corrected chi connectivity index (χ1v) is 6.17. The van der Waals surface area contributed by atoms with Gasteiger partial charge in [-0.15, -0.1) is 0 Å². The smallest absolute Gasteiger partial charge is 0.0567 e. The Morgan fingerprint density at radius 3 is 2.29 bits per heavy atom. The average molecular weight is 226 g/mol. The van der Waals surface area contributed by atoms with Crippen LogP contribution in [0.4, 0.5) is 0 Å². The van der Waals surface area contributed by atoms with Crippen LogP contribution in [0.1, 0.15) is 11.1 Å². The molecule has 0 aliphatic heterocycles. The van der Waals surface area contributed by atoms with E-state index in [-0.39, 0.29) is 6.04 Å². The van der Waals surface area contributed by atoms with E-state index in [4.69, 9.17) is 11.5 Å². The lowest BCUT2D eigenvalue weighted by Crippen LogP contribution is -2.59. The van der Waals surface area contributed by atoms with Crippen LogP contribution in [0.15, 0.2) is 48.6 Å². The zero-order valence-corrected chi connectivity index (χ0v) is 9.84. The zero-order valence-electron chi connectivity index (χ0n) is 9.84. The molecule has 2 aliphatic carbocycles. The van der Waals surface area contributed by atoms with Gasteiger partial charge in [-0.3, -0.25) is 0 Å². The van der Waals surface area contributed by atoms with Gasteiger partial charge in [-0.05, 0) is 29.9 Å². The summed E-state index contributed by atoms with van der Waals surface area (Å²) in [7, 11) is 0. The van der Waals surface area contributed by atoms with Crippen LogP contribution >= 0.6 is 0 Å². The molecule has 0 heterocycles. The van der Waals surface area contributed by atoms with Gasteiger partial charge >= 0.3 is 0 Å². The minimum atomic E-state index is -0.395. The number of hydrogen-bond acceptors (Lipinski definition) is 2. The fraction of sp³-hybridized carbons (Fsp3) is 0.333.